The molecule has 0 fully saturated rings. The lowest BCUT2D eigenvalue weighted by Crippen LogP contribution is -2.11. The van der Waals surface area contributed by atoms with Gasteiger partial charge in [-0.15, -0.1) is 0 Å². The van der Waals surface area contributed by atoms with Crippen LogP contribution < -0.4 is 0 Å². The van der Waals surface area contributed by atoms with E-state index in [9.17, 15) is 0 Å². The second-order valence-corrected chi connectivity index (χ2v) is 8.69. The smallest absolute Gasteiger partial charge is 0.454 e. The molecule has 0 saturated heterocycles. The van der Waals surface area contributed by atoms with Gasteiger partial charge in [0.2, 0.25) is 0 Å². The zero-order valence-electron chi connectivity index (χ0n) is 11.6. The van der Waals surface area contributed by atoms with Crippen molar-refractivity contribution < 1.29 is 17.1 Å². The van der Waals surface area contributed by atoms with E-state index in [4.69, 9.17) is 17.1 Å². The summed E-state index contributed by atoms with van der Waals surface area (Å²) in [5, 5.41) is 0. The minimum Gasteiger partial charge on any atom is -0.499 e. The van der Waals surface area contributed by atoms with Gasteiger partial charge in [-0.25, -0.2) is 0 Å². The van der Waals surface area contributed by atoms with Crippen LogP contribution in [0.5, 0.6) is 0 Å². The molecule has 96 valence electrons. The molecule has 6 heteroatoms. The Morgan fingerprint density at radius 2 is 0.938 bits per heavy atom. The van der Waals surface area contributed by atoms with Crippen LogP contribution in [0.3, 0.4) is 0 Å². The van der Waals surface area contributed by atoms with Crippen LogP contribution >= 0.6 is 0 Å². The van der Waals surface area contributed by atoms with Crippen molar-refractivity contribution in [2.75, 3.05) is 40.6 Å². The summed E-state index contributed by atoms with van der Waals surface area (Å²) in [6.07, 6.45) is 0. The average Bonchev–Trinajstić information content (AvgIpc) is 2.18. The molecule has 0 heterocycles. The summed E-state index contributed by atoms with van der Waals surface area (Å²) < 4.78 is 20.2. The number of ether oxygens (including phenoxy) is 2. The third kappa shape index (κ3) is 24.2. The highest BCUT2D eigenvalue weighted by molar-refractivity contribution is 6.48. The van der Waals surface area contributed by atoms with E-state index < -0.39 is 29.0 Å². The minimum absolute atomic E-state index is 0.727. The summed E-state index contributed by atoms with van der Waals surface area (Å²) in [6, 6.07) is 0. The topological polar surface area (TPSA) is 36.9 Å². The van der Waals surface area contributed by atoms with E-state index in [0.717, 1.165) is 26.4 Å². The molecular weight excluding hydrogens is 238 g/mol. The minimum atomic E-state index is -0.782. The van der Waals surface area contributed by atoms with Gasteiger partial charge < -0.3 is 17.1 Å². The van der Waals surface area contributed by atoms with Crippen LogP contribution in [0.4, 0.5) is 0 Å². The maximum atomic E-state index is 5.30. The third-order valence-electron chi connectivity index (χ3n) is 1.48. The van der Waals surface area contributed by atoms with Gasteiger partial charge in [0.15, 0.2) is 0 Å². The van der Waals surface area contributed by atoms with Crippen molar-refractivity contribution in [1.82, 2.24) is 0 Å². The van der Waals surface area contributed by atoms with Gasteiger partial charge in [-0.3, -0.25) is 0 Å². The van der Waals surface area contributed by atoms with E-state index >= 15 is 0 Å². The molecule has 0 bridgehead atoms. The molecule has 0 aliphatic rings. The van der Waals surface area contributed by atoms with Gasteiger partial charge >= 0.3 is 29.0 Å². The van der Waals surface area contributed by atoms with E-state index in [1.807, 2.05) is 0 Å². The maximum Gasteiger partial charge on any atom is 0.454 e. The Labute approximate surface area is 110 Å². The summed E-state index contributed by atoms with van der Waals surface area (Å²) in [7, 11) is 3.37. The first kappa shape index (κ1) is 19.2. The van der Waals surface area contributed by atoms with Crippen molar-refractivity contribution >= 4 is 29.0 Å². The standard InChI is InChI=1S/2C3H7O2.4CH3.2Al/c2*1-5-3-2-4;;;;;;/h2*2-3H2,1H3;4*1H3;;/q2*-1;;;;;2*+1. The normalized spacial score (nSPS) is 9.38. The molecule has 0 rings (SSSR count). The van der Waals surface area contributed by atoms with Crippen LogP contribution in [-0.2, 0) is 17.1 Å². The highest BCUT2D eigenvalue weighted by Crippen LogP contribution is 1.82. The van der Waals surface area contributed by atoms with Gasteiger partial charge in [0, 0.05) is 27.4 Å². The van der Waals surface area contributed by atoms with E-state index in [2.05, 4.69) is 23.1 Å². The summed E-state index contributed by atoms with van der Waals surface area (Å²) in [4.78, 5) is 0. The molecular formula is C10H26Al2O4. The van der Waals surface area contributed by atoms with Crippen LogP contribution in [0, 0.1) is 0 Å². The predicted octanol–water partition coefficient (Wildman–Crippen LogP) is 1.80. The SMILES string of the molecule is COCC[O][Al]([CH3])[CH3].COCC[O][Al]([CH3])[CH3]. The van der Waals surface area contributed by atoms with Gasteiger partial charge in [-0.2, -0.15) is 0 Å². The highest BCUT2D eigenvalue weighted by atomic mass is 27.2. The second kappa shape index (κ2) is 15.9. The Balaban J connectivity index is 0. The molecule has 0 aliphatic carbocycles. The largest absolute Gasteiger partial charge is 0.499 e. The van der Waals surface area contributed by atoms with Crippen molar-refractivity contribution in [1.29, 1.82) is 0 Å². The number of methoxy groups -OCH3 is 2. The Hall–Kier alpha value is 0.905. The molecule has 0 atom stereocenters. The molecule has 0 aromatic carbocycles. The molecule has 0 aromatic heterocycles. The second-order valence-electron chi connectivity index (χ2n) is 3.82. The Morgan fingerprint density at radius 1 is 0.625 bits per heavy atom. The van der Waals surface area contributed by atoms with Crippen LogP contribution in [0.2, 0.25) is 23.1 Å². The van der Waals surface area contributed by atoms with Gasteiger partial charge in [0.05, 0.1) is 13.2 Å². The molecule has 4 nitrogen and oxygen atoms in total. The van der Waals surface area contributed by atoms with Gasteiger partial charge in [-0.1, -0.05) is 23.1 Å². The molecule has 0 saturated carbocycles. The molecule has 0 aromatic rings. The fourth-order valence-corrected chi connectivity index (χ4v) is 1.87. The molecule has 16 heavy (non-hydrogen) atoms. The summed E-state index contributed by atoms with van der Waals surface area (Å²) in [5.74, 6) is 8.59. The Morgan fingerprint density at radius 3 is 1.12 bits per heavy atom. The first-order valence-corrected chi connectivity index (χ1v) is 11.3. The first-order valence-electron chi connectivity index (χ1n) is 5.75. The van der Waals surface area contributed by atoms with Crippen molar-refractivity contribution in [3.63, 3.8) is 0 Å². The van der Waals surface area contributed by atoms with Gasteiger partial charge in [0.25, 0.3) is 0 Å². The van der Waals surface area contributed by atoms with Crippen molar-refractivity contribution in [3.05, 3.63) is 0 Å². The van der Waals surface area contributed by atoms with Crippen molar-refractivity contribution in [3.8, 4) is 0 Å². The van der Waals surface area contributed by atoms with E-state index in [0.29, 0.717) is 0 Å². The van der Waals surface area contributed by atoms with Gasteiger partial charge in [-0.05, 0) is 0 Å². The fourth-order valence-electron chi connectivity index (χ4n) is 0.734. The Kier molecular flexibility index (Phi) is 19.1. The quantitative estimate of drug-likeness (QED) is 0.495. The van der Waals surface area contributed by atoms with Crippen LogP contribution in [-0.4, -0.2) is 69.6 Å². The number of rotatable bonds is 8. The zero-order chi connectivity index (χ0) is 12.8. The van der Waals surface area contributed by atoms with E-state index in [1.54, 1.807) is 14.2 Å². The molecule has 0 spiro atoms. The Bertz CT molecular complexity index is 109. The lowest BCUT2D eigenvalue weighted by Gasteiger charge is -2.01. The predicted molar refractivity (Wildman–Crippen MR) is 70.6 cm³/mol. The maximum absolute atomic E-state index is 5.30. The molecule has 0 unspecified atom stereocenters. The number of hydrogen-bond donors (Lipinski definition) is 0. The zero-order valence-corrected chi connectivity index (χ0v) is 13.9. The average molecular weight is 264 g/mol. The highest BCUT2D eigenvalue weighted by Gasteiger charge is 2.01. The molecule has 0 aliphatic heterocycles. The number of hydrogen-bond acceptors (Lipinski definition) is 4. The fraction of sp³-hybridized carbons (Fsp3) is 1.00. The van der Waals surface area contributed by atoms with Gasteiger partial charge in [0.1, 0.15) is 0 Å². The van der Waals surface area contributed by atoms with E-state index in [-0.39, 0.29) is 0 Å². The molecule has 0 radical (unpaired) electrons. The van der Waals surface area contributed by atoms with E-state index in [1.165, 1.54) is 0 Å². The summed E-state index contributed by atoms with van der Waals surface area (Å²) in [5.41, 5.74) is 0. The summed E-state index contributed by atoms with van der Waals surface area (Å²) in [6.45, 7) is 2.98. The van der Waals surface area contributed by atoms with Crippen molar-refractivity contribution in [2.24, 2.45) is 0 Å². The lowest BCUT2D eigenvalue weighted by molar-refractivity contribution is 0.147. The third-order valence-corrected chi connectivity index (χ3v) is 3.28. The molecule has 0 N–H and O–H groups in total. The van der Waals surface area contributed by atoms with Crippen LogP contribution in [0.1, 0.15) is 0 Å². The monoisotopic (exact) mass is 264 g/mol. The molecule has 0 amide bonds. The summed E-state index contributed by atoms with van der Waals surface area (Å²) >= 11 is -1.56. The lowest BCUT2D eigenvalue weighted by atomic mass is 10.8. The van der Waals surface area contributed by atoms with Crippen molar-refractivity contribution in [2.45, 2.75) is 23.1 Å². The first-order chi connectivity index (χ1) is 7.54. The van der Waals surface area contributed by atoms with Crippen LogP contribution in [0.25, 0.3) is 0 Å². The van der Waals surface area contributed by atoms with Crippen LogP contribution in [0.15, 0.2) is 0 Å².